The van der Waals surface area contributed by atoms with Crippen molar-refractivity contribution in [2.75, 3.05) is 25.0 Å². The number of likely N-dealkylation sites (tertiary alicyclic amines) is 1. The fourth-order valence-corrected chi connectivity index (χ4v) is 6.59. The largest absolute Gasteiger partial charge is 0.481 e. The van der Waals surface area contributed by atoms with E-state index in [0.717, 1.165) is 29.9 Å². The number of carboxylic acid groups (broad SMARTS) is 3. The van der Waals surface area contributed by atoms with Gasteiger partial charge in [0.25, 0.3) is 0 Å². The van der Waals surface area contributed by atoms with Crippen LogP contribution in [0.5, 0.6) is 0 Å². The number of thiazole rings is 1. The number of amides is 1. The van der Waals surface area contributed by atoms with Gasteiger partial charge in [-0.2, -0.15) is 18.4 Å². The van der Waals surface area contributed by atoms with Crippen molar-refractivity contribution in [2.24, 2.45) is 0 Å². The molecular formula is C31H33F3N6O9S. The third-order valence-corrected chi connectivity index (χ3v) is 9.41. The average Bonchev–Trinajstić information content (AvgIpc) is 3.57. The molecule has 1 saturated carbocycles. The second kappa shape index (κ2) is 15.3. The lowest BCUT2D eigenvalue weighted by Crippen LogP contribution is -2.63. The molecule has 7 N–H and O–H groups in total. The van der Waals surface area contributed by atoms with Gasteiger partial charge in [0.05, 0.1) is 46.9 Å². The van der Waals surface area contributed by atoms with E-state index in [1.807, 2.05) is 6.07 Å². The zero-order valence-corrected chi connectivity index (χ0v) is 27.0. The first-order chi connectivity index (χ1) is 23.4. The molecule has 268 valence electrons. The van der Waals surface area contributed by atoms with E-state index in [0.29, 0.717) is 32.0 Å². The Kier molecular flexibility index (Phi) is 11.6. The van der Waals surface area contributed by atoms with Gasteiger partial charge in [-0.25, -0.2) is 9.78 Å². The molecule has 1 aliphatic heterocycles. The predicted octanol–water partition coefficient (Wildman–Crippen LogP) is 2.38. The number of benzene rings is 1. The number of nitrogens with zero attached hydrogens (tertiary/aromatic N) is 4. The Hall–Kier alpha value is -4.90. The molecule has 1 aromatic carbocycles. The van der Waals surface area contributed by atoms with Crippen molar-refractivity contribution < 1.29 is 57.9 Å². The van der Waals surface area contributed by atoms with E-state index in [4.69, 9.17) is 20.4 Å². The first-order valence-electron chi connectivity index (χ1n) is 15.1. The van der Waals surface area contributed by atoms with E-state index < -0.39 is 53.7 Å². The topological polar surface area (TPSA) is 246 Å². The molecule has 2 fully saturated rings. The number of hydrogen-bond donors (Lipinski definition) is 7. The Balaban J connectivity index is 0.000000369. The maximum atomic E-state index is 13.2. The normalized spacial score (nSPS) is 19.7. The number of fused-ring (bicyclic) bond motifs is 1. The first kappa shape index (κ1) is 37.9. The summed E-state index contributed by atoms with van der Waals surface area (Å²) in [4.78, 5) is 54.4. The Morgan fingerprint density at radius 1 is 1.06 bits per heavy atom. The zero-order chi connectivity index (χ0) is 36.9. The van der Waals surface area contributed by atoms with E-state index in [-0.39, 0.29) is 40.8 Å². The van der Waals surface area contributed by atoms with Crippen LogP contribution in [0.4, 0.5) is 18.9 Å². The summed E-state index contributed by atoms with van der Waals surface area (Å²) in [7, 11) is 0. The number of rotatable bonds is 11. The number of halogens is 3. The van der Waals surface area contributed by atoms with Gasteiger partial charge in [0, 0.05) is 36.4 Å². The number of carbonyl (C=O) groups is 4. The number of carboxylic acids is 3. The van der Waals surface area contributed by atoms with Crippen LogP contribution in [0.2, 0.25) is 0 Å². The van der Waals surface area contributed by atoms with Crippen LogP contribution in [-0.4, -0.2) is 102 Å². The quantitative estimate of drug-likeness (QED) is 0.150. The molecule has 3 heterocycles. The van der Waals surface area contributed by atoms with E-state index >= 15 is 0 Å². The number of nitriles is 1. The molecule has 1 amide bonds. The van der Waals surface area contributed by atoms with Crippen molar-refractivity contribution in [3.63, 3.8) is 0 Å². The molecule has 2 aromatic heterocycles. The molecule has 2 aliphatic rings. The summed E-state index contributed by atoms with van der Waals surface area (Å²) in [5, 5.41) is 60.0. The smallest absolute Gasteiger partial charge is 0.416 e. The van der Waals surface area contributed by atoms with Crippen molar-refractivity contribution in [1.29, 1.82) is 5.26 Å². The number of aliphatic hydroxyl groups is 2. The summed E-state index contributed by atoms with van der Waals surface area (Å²) in [5.74, 6) is -5.31. The molecule has 0 unspecified atom stereocenters. The van der Waals surface area contributed by atoms with Crippen molar-refractivity contribution in [3.8, 4) is 6.07 Å². The number of carbonyl (C=O) groups excluding carboxylic acids is 1. The van der Waals surface area contributed by atoms with Crippen molar-refractivity contribution in [2.45, 2.75) is 68.0 Å². The van der Waals surface area contributed by atoms with Crippen molar-refractivity contribution >= 4 is 51.7 Å². The summed E-state index contributed by atoms with van der Waals surface area (Å²) < 4.78 is 39.6. The van der Waals surface area contributed by atoms with Gasteiger partial charge in [0.1, 0.15) is 17.4 Å². The summed E-state index contributed by atoms with van der Waals surface area (Å²) >= 11 is 1.47. The number of nitrogens with one attached hydrogen (secondary N) is 2. The molecule has 0 radical (unpaired) electrons. The number of aliphatic carboxylic acids is 3. The lowest BCUT2D eigenvalue weighted by Gasteiger charge is -2.48. The van der Waals surface area contributed by atoms with Crippen LogP contribution < -0.4 is 10.6 Å². The monoisotopic (exact) mass is 722 g/mol. The lowest BCUT2D eigenvalue weighted by molar-refractivity contribution is -0.170. The molecular weight excluding hydrogens is 689 g/mol. The third kappa shape index (κ3) is 9.41. The number of pyridine rings is 1. The van der Waals surface area contributed by atoms with Crippen LogP contribution in [0, 0.1) is 11.3 Å². The van der Waals surface area contributed by atoms with Gasteiger partial charge in [-0.1, -0.05) is 0 Å². The highest BCUT2D eigenvalue weighted by atomic mass is 32.1. The minimum atomic E-state index is -4.52. The van der Waals surface area contributed by atoms with Gasteiger partial charge >= 0.3 is 24.1 Å². The van der Waals surface area contributed by atoms with Gasteiger partial charge in [-0.15, -0.1) is 11.3 Å². The molecule has 15 nitrogen and oxygen atoms in total. The van der Waals surface area contributed by atoms with Gasteiger partial charge in [-0.3, -0.25) is 24.3 Å². The molecule has 19 heteroatoms. The highest BCUT2D eigenvalue weighted by Gasteiger charge is 2.42. The van der Waals surface area contributed by atoms with Crippen LogP contribution in [0.25, 0.3) is 10.9 Å². The van der Waals surface area contributed by atoms with Crippen molar-refractivity contribution in [1.82, 2.24) is 20.2 Å². The lowest BCUT2D eigenvalue weighted by atomic mass is 9.80. The second-order valence-electron chi connectivity index (χ2n) is 12.1. The zero-order valence-electron chi connectivity index (χ0n) is 26.2. The average molecular weight is 723 g/mol. The predicted molar refractivity (Wildman–Crippen MR) is 169 cm³/mol. The second-order valence-corrected chi connectivity index (χ2v) is 13.0. The number of anilines is 1. The van der Waals surface area contributed by atoms with Crippen LogP contribution in [0.3, 0.4) is 0 Å². The van der Waals surface area contributed by atoms with Crippen LogP contribution in [0.15, 0.2) is 36.0 Å². The van der Waals surface area contributed by atoms with Gasteiger partial charge in [-0.05, 0) is 49.9 Å². The Bertz CT molecular complexity index is 1750. The van der Waals surface area contributed by atoms with E-state index in [9.17, 15) is 42.7 Å². The van der Waals surface area contributed by atoms with E-state index in [1.54, 1.807) is 11.7 Å². The summed E-state index contributed by atoms with van der Waals surface area (Å²) in [6.45, 7) is 1.27. The van der Waals surface area contributed by atoms with Crippen LogP contribution >= 0.6 is 11.3 Å². The minimum Gasteiger partial charge on any atom is -0.481 e. The summed E-state index contributed by atoms with van der Waals surface area (Å²) in [6, 6.07) is 6.68. The molecule has 1 saturated heterocycles. The Morgan fingerprint density at radius 3 is 2.22 bits per heavy atom. The number of hydrogen-bond acceptors (Lipinski definition) is 12. The SMILES string of the molecule is N#Cc1cc(NCC(=O)NC2CN([C@H]3CC[C@](O)(c4cncs4)CC3)C2)c2cc(C(F)(F)F)ccc2n1.O=C(O)CC(O)(CC(=O)O)C(=O)O. The highest BCUT2D eigenvalue weighted by molar-refractivity contribution is 7.09. The fraction of sp³-hybridized carbons (Fsp3) is 0.452. The molecule has 50 heavy (non-hydrogen) atoms. The standard InChI is InChI=1S/C25H25F3N6O2S.C6H8O7/c26-25(27,28)15-1-2-20-19(7-15)21(8-16(9-29)32-20)31-11-23(35)33-17-12-34(13-17)18-3-5-24(36,6-4-18)22-10-30-14-37-22;7-3(8)1-6(13,5(11)12)2-4(9)10/h1-2,7-8,10,14,17-18,36H,3-6,11-13H2,(H,31,32)(H,33,35);13H,1-2H2,(H,7,8)(H,9,10)(H,11,12)/t18-,24+;. The van der Waals surface area contributed by atoms with Crippen LogP contribution in [0.1, 0.15) is 54.7 Å². The molecule has 5 rings (SSSR count). The molecule has 0 atom stereocenters. The summed E-state index contributed by atoms with van der Waals surface area (Å²) in [5.41, 5.74) is -2.12. The number of alkyl halides is 3. The van der Waals surface area contributed by atoms with E-state index in [1.165, 1.54) is 23.5 Å². The third-order valence-electron chi connectivity index (χ3n) is 8.44. The summed E-state index contributed by atoms with van der Waals surface area (Å²) in [6.07, 6.45) is -1.98. The molecule has 1 aliphatic carbocycles. The van der Waals surface area contributed by atoms with Gasteiger partial charge in [0.15, 0.2) is 5.60 Å². The maximum Gasteiger partial charge on any atom is 0.416 e. The highest BCUT2D eigenvalue weighted by Crippen LogP contribution is 2.41. The molecule has 0 spiro atoms. The fourth-order valence-electron chi connectivity index (χ4n) is 5.81. The van der Waals surface area contributed by atoms with Gasteiger partial charge in [0.2, 0.25) is 5.91 Å². The Morgan fingerprint density at radius 2 is 1.70 bits per heavy atom. The van der Waals surface area contributed by atoms with Gasteiger partial charge < -0.3 is 36.2 Å². The minimum absolute atomic E-state index is 0.0164. The maximum absolute atomic E-state index is 13.2. The Labute approximate surface area is 286 Å². The first-order valence-corrected chi connectivity index (χ1v) is 16.0. The van der Waals surface area contributed by atoms with Crippen molar-refractivity contribution in [3.05, 3.63) is 52.1 Å². The van der Waals surface area contributed by atoms with E-state index in [2.05, 4.69) is 25.5 Å². The van der Waals surface area contributed by atoms with Crippen LogP contribution in [-0.2, 0) is 31.0 Å². The molecule has 0 bridgehead atoms. The number of aromatic nitrogens is 2. The molecule has 3 aromatic rings.